The molecule has 5 heteroatoms. The molecule has 6 aliphatic rings. The Bertz CT molecular complexity index is 488. The normalized spacial score (nSPS) is 51.2. The van der Waals surface area contributed by atoms with Crippen molar-refractivity contribution in [1.82, 2.24) is 10.2 Å². The first-order valence-electron chi connectivity index (χ1n) is 8.35. The van der Waals surface area contributed by atoms with Crippen LogP contribution in [0.5, 0.6) is 0 Å². The molecule has 5 nitrogen and oxygen atoms in total. The number of imide groups is 1. The molecule has 4 bridgehead atoms. The topological polar surface area (TPSA) is 58.6 Å². The minimum atomic E-state index is -0.750. The van der Waals surface area contributed by atoms with Gasteiger partial charge in [0.1, 0.15) is 5.54 Å². The molecule has 114 valence electrons. The number of rotatable bonds is 1. The lowest BCUT2D eigenvalue weighted by Gasteiger charge is -2.58. The summed E-state index contributed by atoms with van der Waals surface area (Å²) < 4.78 is 5.41. The van der Waals surface area contributed by atoms with Crippen molar-refractivity contribution in [3.63, 3.8) is 0 Å². The maximum Gasteiger partial charge on any atom is 0.325 e. The number of carbonyl (C=O) groups excluding carboxylic acids is 2. The highest BCUT2D eigenvalue weighted by Gasteiger charge is 2.63. The molecule has 0 radical (unpaired) electrons. The summed E-state index contributed by atoms with van der Waals surface area (Å²) in [6.07, 6.45) is 7.69. The number of hydrogen-bond donors (Lipinski definition) is 1. The Balaban J connectivity index is 1.52. The van der Waals surface area contributed by atoms with Gasteiger partial charge in [0.05, 0.1) is 12.1 Å². The predicted octanol–water partition coefficient (Wildman–Crippen LogP) is 1.67. The zero-order valence-corrected chi connectivity index (χ0v) is 12.3. The van der Waals surface area contributed by atoms with Crippen molar-refractivity contribution in [2.45, 2.75) is 56.0 Å². The van der Waals surface area contributed by atoms with Crippen molar-refractivity contribution in [1.29, 1.82) is 0 Å². The van der Waals surface area contributed by atoms with Crippen molar-refractivity contribution in [2.75, 3.05) is 13.2 Å². The fourth-order valence-corrected chi connectivity index (χ4v) is 6.22. The summed E-state index contributed by atoms with van der Waals surface area (Å²) >= 11 is 0. The zero-order chi connectivity index (χ0) is 14.2. The van der Waals surface area contributed by atoms with Crippen LogP contribution in [-0.2, 0) is 9.53 Å². The number of carbonyl (C=O) groups is 2. The van der Waals surface area contributed by atoms with Crippen LogP contribution in [0, 0.1) is 17.8 Å². The first-order chi connectivity index (χ1) is 10.1. The Kier molecular flexibility index (Phi) is 2.25. The molecule has 1 atom stereocenters. The highest BCUT2D eigenvalue weighted by Crippen LogP contribution is 2.58. The summed E-state index contributed by atoms with van der Waals surface area (Å²) in [6.45, 7) is 0.918. The van der Waals surface area contributed by atoms with Crippen molar-refractivity contribution in [3.05, 3.63) is 0 Å². The second-order valence-corrected chi connectivity index (χ2v) is 8.10. The summed E-state index contributed by atoms with van der Waals surface area (Å²) in [4.78, 5) is 27.3. The van der Waals surface area contributed by atoms with Gasteiger partial charge >= 0.3 is 6.03 Å². The number of urea groups is 1. The van der Waals surface area contributed by atoms with Gasteiger partial charge in [-0.1, -0.05) is 0 Å². The van der Waals surface area contributed by atoms with Crippen LogP contribution in [0.15, 0.2) is 0 Å². The van der Waals surface area contributed by atoms with E-state index in [1.807, 2.05) is 0 Å². The Morgan fingerprint density at radius 1 is 1.05 bits per heavy atom. The molecule has 3 amide bonds. The van der Waals surface area contributed by atoms with E-state index in [0.29, 0.717) is 19.6 Å². The van der Waals surface area contributed by atoms with E-state index >= 15 is 0 Å². The van der Waals surface area contributed by atoms with Crippen LogP contribution < -0.4 is 5.32 Å². The van der Waals surface area contributed by atoms with Gasteiger partial charge in [0.15, 0.2) is 0 Å². The minimum absolute atomic E-state index is 0.00745. The fraction of sp³-hybridized carbons (Fsp3) is 0.875. The third-order valence-electron chi connectivity index (χ3n) is 6.66. The average molecular weight is 290 g/mol. The summed E-state index contributed by atoms with van der Waals surface area (Å²) in [6, 6.07) is -0.160. The monoisotopic (exact) mass is 290 g/mol. The summed E-state index contributed by atoms with van der Waals surface area (Å²) in [5, 5.41) is 2.97. The van der Waals surface area contributed by atoms with Crippen LogP contribution in [0.25, 0.3) is 0 Å². The van der Waals surface area contributed by atoms with Gasteiger partial charge in [-0.3, -0.25) is 9.69 Å². The van der Waals surface area contributed by atoms with E-state index in [4.69, 9.17) is 4.74 Å². The Hall–Kier alpha value is -1.10. The maximum absolute atomic E-state index is 13.0. The molecule has 1 spiro atoms. The van der Waals surface area contributed by atoms with Crippen LogP contribution in [0.2, 0.25) is 0 Å². The summed E-state index contributed by atoms with van der Waals surface area (Å²) in [5.74, 6) is 2.18. The molecule has 0 aromatic carbocycles. The highest BCUT2D eigenvalue weighted by atomic mass is 16.5. The highest BCUT2D eigenvalue weighted by molar-refractivity contribution is 6.08. The molecule has 0 aromatic heterocycles. The van der Waals surface area contributed by atoms with Crippen LogP contribution in [-0.4, -0.2) is 41.1 Å². The maximum atomic E-state index is 13.0. The number of nitrogens with zero attached hydrogens (tertiary/aromatic N) is 1. The van der Waals surface area contributed by atoms with E-state index < -0.39 is 5.54 Å². The van der Waals surface area contributed by atoms with Gasteiger partial charge in [-0.2, -0.15) is 0 Å². The Labute approximate surface area is 124 Å². The SMILES string of the molecule is O=C1NC2(CCOC2)C(=O)N1C12CC3CC(CC(C3)C1)C2. The number of nitrogens with one attached hydrogen (secondary N) is 1. The molecule has 6 fully saturated rings. The van der Waals surface area contributed by atoms with E-state index in [0.717, 1.165) is 37.0 Å². The largest absolute Gasteiger partial charge is 0.378 e. The molecule has 4 saturated carbocycles. The van der Waals surface area contributed by atoms with Crippen LogP contribution >= 0.6 is 0 Å². The smallest absolute Gasteiger partial charge is 0.325 e. The second kappa shape index (κ2) is 3.80. The quantitative estimate of drug-likeness (QED) is 0.747. The second-order valence-electron chi connectivity index (χ2n) is 8.10. The van der Waals surface area contributed by atoms with Gasteiger partial charge in [-0.25, -0.2) is 4.79 Å². The van der Waals surface area contributed by atoms with Gasteiger partial charge < -0.3 is 10.1 Å². The van der Waals surface area contributed by atoms with E-state index in [1.54, 1.807) is 4.90 Å². The van der Waals surface area contributed by atoms with Crippen molar-refractivity contribution < 1.29 is 14.3 Å². The molecule has 2 saturated heterocycles. The van der Waals surface area contributed by atoms with E-state index in [-0.39, 0.29) is 17.5 Å². The first kappa shape index (κ1) is 12.4. The zero-order valence-electron chi connectivity index (χ0n) is 12.3. The summed E-state index contributed by atoms with van der Waals surface area (Å²) in [7, 11) is 0. The van der Waals surface area contributed by atoms with Crippen molar-refractivity contribution in [3.8, 4) is 0 Å². The van der Waals surface area contributed by atoms with E-state index in [9.17, 15) is 9.59 Å². The van der Waals surface area contributed by atoms with Gasteiger partial charge in [0.25, 0.3) is 5.91 Å². The molecule has 21 heavy (non-hydrogen) atoms. The third-order valence-corrected chi connectivity index (χ3v) is 6.66. The predicted molar refractivity (Wildman–Crippen MR) is 74.4 cm³/mol. The minimum Gasteiger partial charge on any atom is -0.378 e. The van der Waals surface area contributed by atoms with Gasteiger partial charge in [-0.05, 0) is 56.3 Å². The van der Waals surface area contributed by atoms with Gasteiger partial charge in [0.2, 0.25) is 0 Å². The molecular weight excluding hydrogens is 268 g/mol. The molecular formula is C16H22N2O3. The molecule has 6 rings (SSSR count). The van der Waals surface area contributed by atoms with Crippen LogP contribution in [0.3, 0.4) is 0 Å². The molecule has 0 aromatic rings. The van der Waals surface area contributed by atoms with Crippen LogP contribution in [0.1, 0.15) is 44.9 Å². The van der Waals surface area contributed by atoms with E-state index in [2.05, 4.69) is 5.32 Å². The third kappa shape index (κ3) is 1.50. The van der Waals surface area contributed by atoms with E-state index in [1.165, 1.54) is 19.3 Å². The molecule has 4 aliphatic carbocycles. The van der Waals surface area contributed by atoms with Gasteiger partial charge in [-0.15, -0.1) is 0 Å². The lowest BCUT2D eigenvalue weighted by atomic mass is 9.52. The van der Waals surface area contributed by atoms with Crippen LogP contribution in [0.4, 0.5) is 4.79 Å². The average Bonchev–Trinajstić information content (AvgIpc) is 2.95. The van der Waals surface area contributed by atoms with Crippen molar-refractivity contribution >= 4 is 11.9 Å². The lowest BCUT2D eigenvalue weighted by molar-refractivity contribution is -0.144. The number of hydrogen-bond acceptors (Lipinski definition) is 3. The Morgan fingerprint density at radius 2 is 1.67 bits per heavy atom. The number of ether oxygens (including phenoxy) is 1. The van der Waals surface area contributed by atoms with Crippen molar-refractivity contribution in [2.24, 2.45) is 17.8 Å². The van der Waals surface area contributed by atoms with Gasteiger partial charge in [0, 0.05) is 13.0 Å². The fourth-order valence-electron chi connectivity index (χ4n) is 6.22. The molecule has 1 unspecified atom stereocenters. The first-order valence-corrected chi connectivity index (χ1v) is 8.35. The molecule has 1 N–H and O–H groups in total. The summed E-state index contributed by atoms with van der Waals surface area (Å²) in [5.41, 5.74) is -0.928. The Morgan fingerprint density at radius 3 is 2.19 bits per heavy atom. The lowest BCUT2D eigenvalue weighted by Crippen LogP contribution is -2.62. The standard InChI is InChI=1S/C16H22N2O3/c19-13-16(1-2-21-9-16)17-14(20)18(13)15-6-10-3-11(7-15)5-12(4-10)8-15/h10-12H,1-9H2,(H,17,20). The molecule has 2 heterocycles. The number of amides is 3. The molecule has 2 aliphatic heterocycles.